The summed E-state index contributed by atoms with van der Waals surface area (Å²) >= 11 is 0. The van der Waals surface area contributed by atoms with E-state index in [2.05, 4.69) is 65.9 Å². The summed E-state index contributed by atoms with van der Waals surface area (Å²) in [6, 6.07) is 11.3. The minimum atomic E-state index is 0.228. The molecule has 1 N–H and O–H groups in total. The molecule has 3 heterocycles. The number of nitrogens with zero attached hydrogens (tertiary/aromatic N) is 3. The van der Waals surface area contributed by atoms with Crippen LogP contribution in [0.1, 0.15) is 55.5 Å². The van der Waals surface area contributed by atoms with Gasteiger partial charge in [0.05, 0.1) is 11.4 Å². The van der Waals surface area contributed by atoms with Crippen LogP contribution in [0.3, 0.4) is 0 Å². The Morgan fingerprint density at radius 1 is 1.16 bits per heavy atom. The fraction of sp³-hybridized carbons (Fsp3) is 0.571. The number of likely N-dealkylation sites (tertiary alicyclic amines) is 1. The minimum Gasteiger partial charge on any atom is -0.328 e. The van der Waals surface area contributed by atoms with Gasteiger partial charge >= 0.3 is 0 Å². The molecular weight excluding hydrogens is 308 g/mol. The molecule has 0 aliphatic carbocycles. The highest BCUT2D eigenvalue weighted by Crippen LogP contribution is 2.40. The van der Waals surface area contributed by atoms with Gasteiger partial charge in [0.15, 0.2) is 0 Å². The Labute approximate surface area is 151 Å². The Hall–Kier alpha value is -1.65. The van der Waals surface area contributed by atoms with Crippen LogP contribution in [0, 0.1) is 6.92 Å². The highest BCUT2D eigenvalue weighted by Gasteiger charge is 2.42. The molecule has 1 fully saturated rings. The van der Waals surface area contributed by atoms with Crippen LogP contribution in [0.15, 0.2) is 30.3 Å². The monoisotopic (exact) mass is 338 g/mol. The molecule has 1 saturated heterocycles. The van der Waals surface area contributed by atoms with Crippen molar-refractivity contribution in [3.63, 3.8) is 0 Å². The second kappa shape index (κ2) is 6.58. The molecule has 0 atom stereocenters. The first-order chi connectivity index (χ1) is 12.1. The smallest absolute Gasteiger partial charge is 0.106 e. The third-order valence-corrected chi connectivity index (χ3v) is 6.02. The molecule has 0 amide bonds. The first kappa shape index (κ1) is 16.8. The third-order valence-electron chi connectivity index (χ3n) is 6.02. The molecule has 1 spiro atoms. The maximum absolute atomic E-state index is 5.06. The number of aromatic nitrogens is 2. The number of rotatable bonds is 3. The van der Waals surface area contributed by atoms with E-state index in [1.807, 2.05) is 0 Å². The van der Waals surface area contributed by atoms with E-state index >= 15 is 0 Å². The van der Waals surface area contributed by atoms with E-state index < -0.39 is 0 Å². The molecule has 2 aromatic rings. The summed E-state index contributed by atoms with van der Waals surface area (Å²) in [6.45, 7) is 12.1. The van der Waals surface area contributed by atoms with E-state index in [0.29, 0.717) is 6.04 Å². The lowest BCUT2D eigenvalue weighted by molar-refractivity contribution is 0.141. The van der Waals surface area contributed by atoms with Crippen LogP contribution < -0.4 is 5.32 Å². The van der Waals surface area contributed by atoms with Crippen molar-refractivity contribution in [1.29, 1.82) is 0 Å². The SMILES string of the molecule is Cc1nc2c(n1C(C)C)CNCC21CCN(Cc2ccccc2)CC1. The number of fused-ring (bicyclic) bond motifs is 2. The average molecular weight is 338 g/mol. The zero-order valence-electron chi connectivity index (χ0n) is 15.8. The van der Waals surface area contributed by atoms with Gasteiger partial charge in [-0.3, -0.25) is 4.90 Å². The van der Waals surface area contributed by atoms with Crippen molar-refractivity contribution in [2.75, 3.05) is 19.6 Å². The molecule has 1 aromatic heterocycles. The van der Waals surface area contributed by atoms with Gasteiger partial charge in [-0.1, -0.05) is 30.3 Å². The average Bonchev–Trinajstić information content (AvgIpc) is 2.96. The summed E-state index contributed by atoms with van der Waals surface area (Å²) in [4.78, 5) is 7.66. The largest absolute Gasteiger partial charge is 0.328 e. The van der Waals surface area contributed by atoms with Gasteiger partial charge in [-0.05, 0) is 52.3 Å². The van der Waals surface area contributed by atoms with Gasteiger partial charge in [-0.15, -0.1) is 0 Å². The Morgan fingerprint density at radius 2 is 1.88 bits per heavy atom. The normalized spacial score (nSPS) is 20.2. The number of imidazole rings is 1. The summed E-state index contributed by atoms with van der Waals surface area (Å²) < 4.78 is 2.43. The molecule has 4 nitrogen and oxygen atoms in total. The summed E-state index contributed by atoms with van der Waals surface area (Å²) in [5.74, 6) is 1.18. The first-order valence-corrected chi connectivity index (χ1v) is 9.64. The molecule has 0 radical (unpaired) electrons. The van der Waals surface area contributed by atoms with Crippen LogP contribution in [0.25, 0.3) is 0 Å². The van der Waals surface area contributed by atoms with Crippen molar-refractivity contribution >= 4 is 0 Å². The zero-order chi connectivity index (χ0) is 17.4. The minimum absolute atomic E-state index is 0.228. The Morgan fingerprint density at radius 3 is 2.56 bits per heavy atom. The predicted octanol–water partition coefficient (Wildman–Crippen LogP) is 3.41. The van der Waals surface area contributed by atoms with Gasteiger partial charge in [-0.2, -0.15) is 0 Å². The number of piperidine rings is 1. The number of hydrogen-bond donors (Lipinski definition) is 1. The Balaban J connectivity index is 1.53. The topological polar surface area (TPSA) is 33.1 Å². The molecule has 25 heavy (non-hydrogen) atoms. The second-order valence-electron chi connectivity index (χ2n) is 8.06. The van der Waals surface area contributed by atoms with Gasteiger partial charge in [0.2, 0.25) is 0 Å². The number of nitrogens with one attached hydrogen (secondary N) is 1. The van der Waals surface area contributed by atoms with Crippen molar-refractivity contribution in [3.05, 3.63) is 53.1 Å². The van der Waals surface area contributed by atoms with Crippen LogP contribution in [0.5, 0.6) is 0 Å². The van der Waals surface area contributed by atoms with Gasteiger partial charge in [0, 0.05) is 31.1 Å². The van der Waals surface area contributed by atoms with Crippen molar-refractivity contribution in [1.82, 2.24) is 19.8 Å². The van der Waals surface area contributed by atoms with Crippen LogP contribution in [0.2, 0.25) is 0 Å². The van der Waals surface area contributed by atoms with Crippen LogP contribution in [-0.2, 0) is 18.5 Å². The van der Waals surface area contributed by atoms with Gasteiger partial charge in [-0.25, -0.2) is 4.98 Å². The van der Waals surface area contributed by atoms with E-state index in [9.17, 15) is 0 Å². The van der Waals surface area contributed by atoms with Crippen LogP contribution >= 0.6 is 0 Å². The quantitative estimate of drug-likeness (QED) is 0.931. The second-order valence-corrected chi connectivity index (χ2v) is 8.06. The van der Waals surface area contributed by atoms with E-state index in [-0.39, 0.29) is 5.41 Å². The standard InChI is InChI=1S/C21H30N4/c1-16(2)25-17(3)23-20-19(25)13-22-15-21(20)9-11-24(12-10-21)14-18-7-5-4-6-8-18/h4-8,16,22H,9-15H2,1-3H3. The maximum Gasteiger partial charge on any atom is 0.106 e. The maximum atomic E-state index is 5.06. The van der Waals surface area contributed by atoms with Gasteiger partial charge in [0.1, 0.15) is 5.82 Å². The lowest BCUT2D eigenvalue weighted by Gasteiger charge is -2.44. The van der Waals surface area contributed by atoms with Crippen molar-refractivity contribution in [2.24, 2.45) is 0 Å². The fourth-order valence-electron chi connectivity index (χ4n) is 4.77. The van der Waals surface area contributed by atoms with Crippen molar-refractivity contribution < 1.29 is 0 Å². The van der Waals surface area contributed by atoms with Crippen molar-refractivity contribution in [2.45, 2.75) is 58.2 Å². The third kappa shape index (κ3) is 3.02. The lowest BCUT2D eigenvalue weighted by Crippen LogP contribution is -2.50. The zero-order valence-corrected chi connectivity index (χ0v) is 15.8. The molecule has 1 aromatic carbocycles. The number of hydrogen-bond acceptors (Lipinski definition) is 3. The lowest BCUT2D eigenvalue weighted by atomic mass is 9.73. The molecule has 134 valence electrons. The molecule has 0 saturated carbocycles. The molecule has 4 heteroatoms. The van der Waals surface area contributed by atoms with Crippen molar-refractivity contribution in [3.8, 4) is 0 Å². The van der Waals surface area contributed by atoms with Crippen LogP contribution in [0.4, 0.5) is 0 Å². The van der Waals surface area contributed by atoms with Crippen LogP contribution in [-0.4, -0.2) is 34.1 Å². The molecule has 2 aliphatic heterocycles. The highest BCUT2D eigenvalue weighted by molar-refractivity contribution is 5.31. The molecule has 0 unspecified atom stereocenters. The van der Waals surface area contributed by atoms with E-state index in [4.69, 9.17) is 4.98 Å². The van der Waals surface area contributed by atoms with E-state index in [1.165, 1.54) is 35.6 Å². The number of benzene rings is 1. The first-order valence-electron chi connectivity index (χ1n) is 9.64. The summed E-state index contributed by atoms with van der Waals surface area (Å²) in [6.07, 6.45) is 2.41. The van der Waals surface area contributed by atoms with Gasteiger partial charge in [0.25, 0.3) is 0 Å². The Kier molecular flexibility index (Phi) is 4.42. The summed E-state index contributed by atoms with van der Waals surface area (Å²) in [5, 5.41) is 3.70. The summed E-state index contributed by atoms with van der Waals surface area (Å²) in [7, 11) is 0. The van der Waals surface area contributed by atoms with E-state index in [1.54, 1.807) is 0 Å². The molecular formula is C21H30N4. The molecule has 4 rings (SSSR count). The molecule has 0 bridgehead atoms. The summed E-state index contributed by atoms with van der Waals surface area (Å²) in [5.41, 5.74) is 4.46. The number of aryl methyl sites for hydroxylation is 1. The Bertz CT molecular complexity index is 724. The molecule has 2 aliphatic rings. The predicted molar refractivity (Wildman–Crippen MR) is 102 cm³/mol. The van der Waals surface area contributed by atoms with Gasteiger partial charge < -0.3 is 9.88 Å². The highest BCUT2D eigenvalue weighted by atomic mass is 15.2. The van der Waals surface area contributed by atoms with E-state index in [0.717, 1.165) is 32.7 Å². The fourth-order valence-corrected chi connectivity index (χ4v) is 4.77.